The molecule has 1 saturated carbocycles. The van der Waals surface area contributed by atoms with Crippen LogP contribution in [0.5, 0.6) is 0 Å². The molecular weight excluding hydrogens is 186 g/mol. The van der Waals surface area contributed by atoms with Gasteiger partial charge in [0.2, 0.25) is 0 Å². The quantitative estimate of drug-likeness (QED) is 0.697. The van der Waals surface area contributed by atoms with Crippen molar-refractivity contribution >= 4 is 22.5 Å². The minimum Gasteiger partial charge on any atom is -0.261 e. The van der Waals surface area contributed by atoms with E-state index in [-0.39, 0.29) is 0 Å². The van der Waals surface area contributed by atoms with Crippen LogP contribution in [0.15, 0.2) is 18.6 Å². The summed E-state index contributed by atoms with van der Waals surface area (Å²) in [6.07, 6.45) is 7.75. The van der Waals surface area contributed by atoms with Crippen LogP contribution in [0.3, 0.4) is 0 Å². The van der Waals surface area contributed by atoms with Crippen LogP contribution in [-0.2, 0) is 0 Å². The molecule has 3 nitrogen and oxygen atoms in total. The topological polar surface area (TPSA) is 30.7 Å². The third kappa shape index (κ3) is 1.04. The number of rotatable bonds is 1. The Morgan fingerprint density at radius 3 is 2.92 bits per heavy atom. The van der Waals surface area contributed by atoms with E-state index in [9.17, 15) is 0 Å². The summed E-state index contributed by atoms with van der Waals surface area (Å²) >= 11 is 5.98. The van der Waals surface area contributed by atoms with Crippen molar-refractivity contribution < 1.29 is 0 Å². The molecule has 1 aliphatic carbocycles. The van der Waals surface area contributed by atoms with Crippen molar-refractivity contribution in [3.8, 4) is 0 Å². The number of aromatic nitrogens is 3. The summed E-state index contributed by atoms with van der Waals surface area (Å²) in [5.41, 5.74) is 1.05. The summed E-state index contributed by atoms with van der Waals surface area (Å²) in [6, 6.07) is 0.581. The summed E-state index contributed by atoms with van der Waals surface area (Å²) in [5.74, 6) is 0. The van der Waals surface area contributed by atoms with Crippen molar-refractivity contribution in [2.24, 2.45) is 0 Å². The summed E-state index contributed by atoms with van der Waals surface area (Å²) in [7, 11) is 0. The highest BCUT2D eigenvalue weighted by Gasteiger charge is 2.26. The monoisotopic (exact) mass is 193 g/mol. The van der Waals surface area contributed by atoms with Crippen molar-refractivity contribution in [2.45, 2.75) is 18.9 Å². The lowest BCUT2D eigenvalue weighted by molar-refractivity contribution is 0.664. The second-order valence-electron chi connectivity index (χ2n) is 3.37. The number of hydrogen-bond acceptors (Lipinski definition) is 2. The fourth-order valence-electron chi connectivity index (χ4n) is 1.54. The number of hydrogen-bond donors (Lipinski definition) is 0. The van der Waals surface area contributed by atoms with Gasteiger partial charge in [0.15, 0.2) is 0 Å². The molecule has 66 valence electrons. The van der Waals surface area contributed by atoms with E-state index in [1.807, 2.05) is 17.1 Å². The van der Waals surface area contributed by atoms with Gasteiger partial charge < -0.3 is 0 Å². The predicted octanol–water partition coefficient (Wildman–Crippen LogP) is 2.42. The molecule has 0 radical (unpaired) electrons. The predicted molar refractivity (Wildman–Crippen MR) is 50.8 cm³/mol. The maximum Gasteiger partial charge on any atom is 0.0883 e. The highest BCUT2D eigenvalue weighted by atomic mass is 35.5. The highest BCUT2D eigenvalue weighted by Crippen LogP contribution is 2.37. The normalized spacial score (nSPS) is 16.7. The molecule has 0 bridgehead atoms. The van der Waals surface area contributed by atoms with E-state index in [0.717, 1.165) is 10.9 Å². The molecule has 2 aromatic rings. The fourth-order valence-corrected chi connectivity index (χ4v) is 1.74. The summed E-state index contributed by atoms with van der Waals surface area (Å²) in [5, 5.41) is 6.00. The van der Waals surface area contributed by atoms with Gasteiger partial charge in [-0.15, -0.1) is 0 Å². The third-order valence-electron chi connectivity index (χ3n) is 2.37. The first-order valence-corrected chi connectivity index (χ1v) is 4.71. The van der Waals surface area contributed by atoms with E-state index < -0.39 is 0 Å². The number of halogens is 1. The van der Waals surface area contributed by atoms with Gasteiger partial charge in [0.1, 0.15) is 0 Å². The van der Waals surface area contributed by atoms with Gasteiger partial charge in [-0.3, -0.25) is 9.67 Å². The summed E-state index contributed by atoms with van der Waals surface area (Å²) in [6.45, 7) is 0. The van der Waals surface area contributed by atoms with Crippen LogP contribution in [-0.4, -0.2) is 14.8 Å². The van der Waals surface area contributed by atoms with Gasteiger partial charge in [-0.2, -0.15) is 5.10 Å². The maximum absolute atomic E-state index is 5.98. The Morgan fingerprint density at radius 1 is 1.31 bits per heavy atom. The molecule has 3 rings (SSSR count). The van der Waals surface area contributed by atoms with E-state index in [4.69, 9.17) is 11.6 Å². The Morgan fingerprint density at radius 2 is 2.15 bits per heavy atom. The van der Waals surface area contributed by atoms with Gasteiger partial charge in [-0.25, -0.2) is 0 Å². The molecular formula is C9H8ClN3. The van der Waals surface area contributed by atoms with Crippen molar-refractivity contribution in [2.75, 3.05) is 0 Å². The molecule has 0 amide bonds. The van der Waals surface area contributed by atoms with Crippen LogP contribution in [0, 0.1) is 0 Å². The molecule has 0 aromatic carbocycles. The van der Waals surface area contributed by atoms with Gasteiger partial charge in [-0.05, 0) is 12.8 Å². The first-order valence-electron chi connectivity index (χ1n) is 4.33. The van der Waals surface area contributed by atoms with E-state index in [2.05, 4.69) is 10.1 Å². The maximum atomic E-state index is 5.98. The van der Waals surface area contributed by atoms with Crippen molar-refractivity contribution in [1.82, 2.24) is 14.8 Å². The van der Waals surface area contributed by atoms with Crippen LogP contribution < -0.4 is 0 Å². The number of fused-ring (bicyclic) bond motifs is 1. The zero-order valence-electron chi connectivity index (χ0n) is 6.94. The highest BCUT2D eigenvalue weighted by molar-refractivity contribution is 6.35. The Hall–Kier alpha value is -1.09. The minimum atomic E-state index is 0.581. The van der Waals surface area contributed by atoms with E-state index in [0.29, 0.717) is 11.1 Å². The molecule has 0 aliphatic heterocycles. The molecule has 0 spiro atoms. The van der Waals surface area contributed by atoms with Crippen molar-refractivity contribution in [3.05, 3.63) is 23.6 Å². The molecule has 2 heterocycles. The van der Waals surface area contributed by atoms with Crippen LogP contribution in [0.1, 0.15) is 18.9 Å². The largest absolute Gasteiger partial charge is 0.261 e. The Balaban J connectivity index is 2.32. The lowest BCUT2D eigenvalue weighted by Crippen LogP contribution is -1.95. The average Bonchev–Trinajstić information content (AvgIpc) is 2.87. The number of nitrogens with zero attached hydrogens (tertiary/aromatic N) is 3. The summed E-state index contributed by atoms with van der Waals surface area (Å²) < 4.78 is 2.02. The van der Waals surface area contributed by atoms with E-state index in [1.165, 1.54) is 12.8 Å². The van der Waals surface area contributed by atoms with E-state index in [1.54, 1.807) is 6.20 Å². The fraction of sp³-hybridized carbons (Fsp3) is 0.333. The van der Waals surface area contributed by atoms with Crippen LogP contribution in [0.25, 0.3) is 10.9 Å². The van der Waals surface area contributed by atoms with Gasteiger partial charge in [0.25, 0.3) is 0 Å². The SMILES string of the molecule is Clc1cncc2c1cnn2C1CC1. The zero-order chi connectivity index (χ0) is 8.84. The van der Waals surface area contributed by atoms with Gasteiger partial charge >= 0.3 is 0 Å². The Labute approximate surface area is 80.3 Å². The molecule has 4 heteroatoms. The zero-order valence-corrected chi connectivity index (χ0v) is 7.70. The van der Waals surface area contributed by atoms with Crippen LogP contribution in [0.4, 0.5) is 0 Å². The first kappa shape index (κ1) is 7.33. The van der Waals surface area contributed by atoms with E-state index >= 15 is 0 Å². The molecule has 0 atom stereocenters. The molecule has 0 unspecified atom stereocenters. The lowest BCUT2D eigenvalue weighted by Gasteiger charge is -1.98. The lowest BCUT2D eigenvalue weighted by atomic mass is 10.3. The second-order valence-corrected chi connectivity index (χ2v) is 3.78. The van der Waals surface area contributed by atoms with Gasteiger partial charge in [0.05, 0.1) is 29.0 Å². The smallest absolute Gasteiger partial charge is 0.0883 e. The molecule has 1 aliphatic rings. The Bertz CT molecular complexity index is 459. The minimum absolute atomic E-state index is 0.581. The molecule has 0 N–H and O–H groups in total. The summed E-state index contributed by atoms with van der Waals surface area (Å²) in [4.78, 5) is 4.06. The number of pyridine rings is 1. The Kier molecular flexibility index (Phi) is 1.38. The van der Waals surface area contributed by atoms with Crippen molar-refractivity contribution in [3.63, 3.8) is 0 Å². The standard InChI is InChI=1S/C9H8ClN3/c10-8-4-11-5-9-7(8)3-12-13(9)6-1-2-6/h3-6H,1-2H2. The molecule has 13 heavy (non-hydrogen) atoms. The average molecular weight is 194 g/mol. The second kappa shape index (κ2) is 2.45. The molecule has 2 aromatic heterocycles. The van der Waals surface area contributed by atoms with Crippen LogP contribution >= 0.6 is 11.6 Å². The first-order chi connectivity index (χ1) is 6.36. The van der Waals surface area contributed by atoms with Gasteiger partial charge in [-0.1, -0.05) is 11.6 Å². The van der Waals surface area contributed by atoms with Gasteiger partial charge in [0, 0.05) is 11.6 Å². The third-order valence-corrected chi connectivity index (χ3v) is 2.67. The molecule has 1 fully saturated rings. The molecule has 0 saturated heterocycles. The van der Waals surface area contributed by atoms with Crippen molar-refractivity contribution in [1.29, 1.82) is 0 Å². The van der Waals surface area contributed by atoms with Crippen LogP contribution in [0.2, 0.25) is 5.02 Å².